The molecule has 2 heterocycles. The SMILES string of the molecule is Cc1ccc2nc(C(C)(C)C)c(N=Nc3ccc(Cl)cc3)n2c1. The van der Waals surface area contributed by atoms with E-state index in [1.165, 1.54) is 0 Å². The highest BCUT2D eigenvalue weighted by Crippen LogP contribution is 2.33. The number of hydrogen-bond donors (Lipinski definition) is 0. The lowest BCUT2D eigenvalue weighted by atomic mass is 9.92. The molecule has 3 rings (SSSR count). The molecular weight excluding hydrogens is 308 g/mol. The molecule has 4 nitrogen and oxygen atoms in total. The minimum Gasteiger partial charge on any atom is -0.283 e. The van der Waals surface area contributed by atoms with Gasteiger partial charge < -0.3 is 0 Å². The lowest BCUT2D eigenvalue weighted by molar-refractivity contribution is 0.574. The Kier molecular flexibility index (Phi) is 3.94. The van der Waals surface area contributed by atoms with Crippen molar-refractivity contribution in [3.63, 3.8) is 0 Å². The van der Waals surface area contributed by atoms with Gasteiger partial charge in [0.2, 0.25) is 0 Å². The number of pyridine rings is 1. The maximum absolute atomic E-state index is 5.91. The summed E-state index contributed by atoms with van der Waals surface area (Å²) in [6.07, 6.45) is 2.04. The van der Waals surface area contributed by atoms with E-state index >= 15 is 0 Å². The van der Waals surface area contributed by atoms with Crippen LogP contribution in [0.1, 0.15) is 32.0 Å². The molecule has 3 aromatic rings. The van der Waals surface area contributed by atoms with Gasteiger partial charge in [0.1, 0.15) is 5.65 Å². The zero-order chi connectivity index (χ0) is 16.6. The van der Waals surface area contributed by atoms with Crippen molar-refractivity contribution >= 4 is 28.8 Å². The predicted molar refractivity (Wildman–Crippen MR) is 94.3 cm³/mol. The van der Waals surface area contributed by atoms with Crippen LogP contribution in [-0.4, -0.2) is 9.38 Å². The average molecular weight is 327 g/mol. The van der Waals surface area contributed by atoms with Gasteiger partial charge in [0.05, 0.1) is 11.4 Å². The summed E-state index contributed by atoms with van der Waals surface area (Å²) < 4.78 is 2.00. The van der Waals surface area contributed by atoms with E-state index in [1.54, 1.807) is 12.1 Å². The fourth-order valence-electron chi connectivity index (χ4n) is 2.35. The predicted octanol–water partition coefficient (Wildman–Crippen LogP) is 6.01. The van der Waals surface area contributed by atoms with E-state index < -0.39 is 0 Å². The molecule has 0 amide bonds. The molecule has 0 aliphatic heterocycles. The Morgan fingerprint density at radius 1 is 1.00 bits per heavy atom. The Hall–Kier alpha value is -2.20. The van der Waals surface area contributed by atoms with Crippen molar-refractivity contribution in [1.82, 2.24) is 9.38 Å². The number of hydrogen-bond acceptors (Lipinski definition) is 3. The number of benzene rings is 1. The van der Waals surface area contributed by atoms with Gasteiger partial charge in [0, 0.05) is 16.6 Å². The van der Waals surface area contributed by atoms with Crippen molar-refractivity contribution in [1.29, 1.82) is 0 Å². The second kappa shape index (κ2) is 5.78. The highest BCUT2D eigenvalue weighted by Gasteiger charge is 2.24. The topological polar surface area (TPSA) is 42.0 Å². The molecule has 0 saturated carbocycles. The van der Waals surface area contributed by atoms with Crippen LogP contribution in [0, 0.1) is 6.92 Å². The number of nitrogens with zero attached hydrogens (tertiary/aromatic N) is 4. The molecule has 0 saturated heterocycles. The number of rotatable bonds is 2. The highest BCUT2D eigenvalue weighted by atomic mass is 35.5. The molecule has 0 bridgehead atoms. The Morgan fingerprint density at radius 2 is 1.70 bits per heavy atom. The number of fused-ring (bicyclic) bond motifs is 1. The van der Waals surface area contributed by atoms with Crippen molar-refractivity contribution < 1.29 is 0 Å². The molecule has 0 aliphatic rings. The third kappa shape index (κ3) is 3.27. The van der Waals surface area contributed by atoms with E-state index in [1.807, 2.05) is 28.8 Å². The molecule has 0 atom stereocenters. The molecule has 2 aromatic heterocycles. The highest BCUT2D eigenvalue weighted by molar-refractivity contribution is 6.30. The number of imidazole rings is 1. The monoisotopic (exact) mass is 326 g/mol. The van der Waals surface area contributed by atoms with Gasteiger partial charge in [-0.05, 0) is 42.8 Å². The van der Waals surface area contributed by atoms with Crippen LogP contribution in [0.15, 0.2) is 52.8 Å². The van der Waals surface area contributed by atoms with E-state index in [4.69, 9.17) is 16.6 Å². The van der Waals surface area contributed by atoms with Crippen molar-refractivity contribution in [3.05, 3.63) is 58.9 Å². The van der Waals surface area contributed by atoms with E-state index in [0.717, 1.165) is 28.4 Å². The summed E-state index contributed by atoms with van der Waals surface area (Å²) >= 11 is 5.91. The maximum atomic E-state index is 5.91. The van der Waals surface area contributed by atoms with Crippen LogP contribution in [0.3, 0.4) is 0 Å². The molecule has 0 unspecified atom stereocenters. The van der Waals surface area contributed by atoms with Gasteiger partial charge in [-0.25, -0.2) is 4.98 Å². The van der Waals surface area contributed by atoms with E-state index in [0.29, 0.717) is 5.02 Å². The van der Waals surface area contributed by atoms with Gasteiger partial charge in [-0.2, -0.15) is 0 Å². The molecule has 5 heteroatoms. The standard InChI is InChI=1S/C18H19ClN4/c1-12-5-10-15-20-16(18(2,3)4)17(23(15)11-12)22-21-14-8-6-13(19)7-9-14/h5-11H,1-4H3. The summed E-state index contributed by atoms with van der Waals surface area (Å²) in [5.41, 5.74) is 3.61. The first kappa shape index (κ1) is 15.7. The Labute approximate surface area is 140 Å². The average Bonchev–Trinajstić information content (AvgIpc) is 2.85. The summed E-state index contributed by atoms with van der Waals surface area (Å²) in [6, 6.07) is 11.4. The lowest BCUT2D eigenvalue weighted by Crippen LogP contribution is -2.11. The largest absolute Gasteiger partial charge is 0.283 e. The van der Waals surface area contributed by atoms with Crippen LogP contribution < -0.4 is 0 Å². The molecule has 0 spiro atoms. The van der Waals surface area contributed by atoms with Crippen LogP contribution in [0.4, 0.5) is 11.5 Å². The second-order valence-corrected chi connectivity index (χ2v) is 7.08. The summed E-state index contributed by atoms with van der Waals surface area (Å²) in [5, 5.41) is 9.52. The fraction of sp³-hybridized carbons (Fsp3) is 0.278. The van der Waals surface area contributed by atoms with Gasteiger partial charge in [-0.1, -0.05) is 38.4 Å². The number of aryl methyl sites for hydroxylation is 1. The summed E-state index contributed by atoms with van der Waals surface area (Å²) in [7, 11) is 0. The van der Waals surface area contributed by atoms with Gasteiger partial charge in [0.25, 0.3) is 0 Å². The van der Waals surface area contributed by atoms with Crippen LogP contribution in [0.2, 0.25) is 5.02 Å². The van der Waals surface area contributed by atoms with Crippen molar-refractivity contribution in [3.8, 4) is 0 Å². The molecule has 0 N–H and O–H groups in total. The molecule has 1 aromatic carbocycles. The van der Waals surface area contributed by atoms with Crippen LogP contribution in [0.5, 0.6) is 0 Å². The van der Waals surface area contributed by atoms with E-state index in [9.17, 15) is 0 Å². The van der Waals surface area contributed by atoms with Gasteiger partial charge in [-0.3, -0.25) is 4.40 Å². The zero-order valence-electron chi connectivity index (χ0n) is 13.7. The fourth-order valence-corrected chi connectivity index (χ4v) is 2.48. The summed E-state index contributed by atoms with van der Waals surface area (Å²) in [5.74, 6) is 0.770. The third-order valence-electron chi connectivity index (χ3n) is 3.54. The van der Waals surface area contributed by atoms with Crippen LogP contribution >= 0.6 is 11.6 Å². The molecule has 118 valence electrons. The molecule has 0 aliphatic carbocycles. The van der Waals surface area contributed by atoms with Crippen LogP contribution in [-0.2, 0) is 5.41 Å². The minimum atomic E-state index is -0.117. The Balaban J connectivity index is 2.14. The minimum absolute atomic E-state index is 0.117. The van der Waals surface area contributed by atoms with Gasteiger partial charge in [0.15, 0.2) is 5.82 Å². The van der Waals surface area contributed by atoms with Crippen molar-refractivity contribution in [2.45, 2.75) is 33.1 Å². The first-order valence-corrected chi connectivity index (χ1v) is 7.89. The number of aromatic nitrogens is 2. The van der Waals surface area contributed by atoms with Gasteiger partial charge >= 0.3 is 0 Å². The number of azo groups is 1. The van der Waals surface area contributed by atoms with Crippen molar-refractivity contribution in [2.24, 2.45) is 10.2 Å². The normalized spacial score (nSPS) is 12.4. The lowest BCUT2D eigenvalue weighted by Gasteiger charge is -2.15. The van der Waals surface area contributed by atoms with E-state index in [-0.39, 0.29) is 5.41 Å². The molecular formula is C18H19ClN4. The molecule has 0 radical (unpaired) electrons. The summed E-state index contributed by atoms with van der Waals surface area (Å²) in [4.78, 5) is 4.74. The molecule has 0 fully saturated rings. The maximum Gasteiger partial charge on any atom is 0.183 e. The Bertz CT molecular complexity index is 870. The van der Waals surface area contributed by atoms with E-state index in [2.05, 4.69) is 44.0 Å². The Morgan fingerprint density at radius 3 is 2.35 bits per heavy atom. The molecule has 23 heavy (non-hydrogen) atoms. The quantitative estimate of drug-likeness (QED) is 0.532. The zero-order valence-corrected chi connectivity index (χ0v) is 14.5. The number of halogens is 1. The van der Waals surface area contributed by atoms with Gasteiger partial charge in [-0.15, -0.1) is 10.2 Å². The third-order valence-corrected chi connectivity index (χ3v) is 3.79. The summed E-state index contributed by atoms with van der Waals surface area (Å²) in [6.45, 7) is 8.44. The smallest absolute Gasteiger partial charge is 0.183 e. The van der Waals surface area contributed by atoms with Crippen molar-refractivity contribution in [2.75, 3.05) is 0 Å². The van der Waals surface area contributed by atoms with Crippen LogP contribution in [0.25, 0.3) is 5.65 Å². The first-order valence-electron chi connectivity index (χ1n) is 7.51. The second-order valence-electron chi connectivity index (χ2n) is 6.65. The first-order chi connectivity index (χ1) is 10.8.